The summed E-state index contributed by atoms with van der Waals surface area (Å²) in [5.41, 5.74) is 7.20. The van der Waals surface area contributed by atoms with Gasteiger partial charge in [-0.05, 0) is 35.9 Å². The van der Waals surface area contributed by atoms with Crippen LogP contribution >= 0.6 is 11.8 Å². The van der Waals surface area contributed by atoms with Gasteiger partial charge in [0.05, 0.1) is 5.56 Å². The van der Waals surface area contributed by atoms with E-state index in [1.165, 1.54) is 0 Å². The Balaban J connectivity index is 2.45. The van der Waals surface area contributed by atoms with Crippen LogP contribution in [0, 0.1) is 0 Å². The lowest BCUT2D eigenvalue weighted by Gasteiger charge is -2.21. The third-order valence-corrected chi connectivity index (χ3v) is 3.47. The van der Waals surface area contributed by atoms with Gasteiger partial charge in [0.1, 0.15) is 0 Å². The first-order valence-electron chi connectivity index (χ1n) is 4.44. The Bertz CT molecular complexity index is 378. The number of thioether (sulfide) groups is 1. The molecule has 0 bridgehead atoms. The van der Waals surface area contributed by atoms with E-state index in [1.54, 1.807) is 23.9 Å². The molecule has 1 aromatic rings. The van der Waals surface area contributed by atoms with E-state index < -0.39 is 5.97 Å². The van der Waals surface area contributed by atoms with Crippen molar-refractivity contribution in [3.63, 3.8) is 0 Å². The molecule has 2 rings (SSSR count). The molecule has 0 saturated heterocycles. The largest absolute Gasteiger partial charge is 0.478 e. The van der Waals surface area contributed by atoms with Gasteiger partial charge in [-0.25, -0.2) is 4.79 Å². The maximum Gasteiger partial charge on any atom is 0.335 e. The molecule has 1 aliphatic rings. The average Bonchev–Trinajstić information content (AvgIpc) is 2.18. The zero-order valence-corrected chi connectivity index (χ0v) is 8.38. The highest BCUT2D eigenvalue weighted by atomic mass is 32.2. The Morgan fingerprint density at radius 2 is 2.36 bits per heavy atom. The summed E-state index contributed by atoms with van der Waals surface area (Å²) in [6, 6.07) is 5.16. The van der Waals surface area contributed by atoms with Crippen LogP contribution in [0.3, 0.4) is 0 Å². The predicted octanol–water partition coefficient (Wildman–Crippen LogP) is 1.88. The van der Waals surface area contributed by atoms with Crippen LogP contribution in [0.2, 0.25) is 0 Å². The molecule has 4 heteroatoms. The number of carboxylic acids is 1. The van der Waals surface area contributed by atoms with Crippen molar-refractivity contribution in [1.82, 2.24) is 0 Å². The van der Waals surface area contributed by atoms with Gasteiger partial charge in [0, 0.05) is 10.9 Å². The molecule has 1 heterocycles. The van der Waals surface area contributed by atoms with Crippen molar-refractivity contribution in [3.05, 3.63) is 29.3 Å². The van der Waals surface area contributed by atoms with E-state index in [2.05, 4.69) is 0 Å². The molecule has 0 saturated carbocycles. The Kier molecular flexibility index (Phi) is 2.48. The standard InChI is InChI=1S/C10H11NO2S/c11-8-3-4-14-9-2-1-6(10(12)13)5-7(8)9/h1-2,5,8H,3-4,11H2,(H,12,13)/t8-/m0/s1. The number of aromatic carboxylic acids is 1. The van der Waals surface area contributed by atoms with E-state index in [4.69, 9.17) is 10.8 Å². The van der Waals surface area contributed by atoms with Crippen molar-refractivity contribution in [1.29, 1.82) is 0 Å². The summed E-state index contributed by atoms with van der Waals surface area (Å²) in [5.74, 6) is 0.121. The van der Waals surface area contributed by atoms with Crippen LogP contribution in [0.4, 0.5) is 0 Å². The third kappa shape index (κ3) is 1.63. The Hall–Kier alpha value is -1.00. The zero-order chi connectivity index (χ0) is 10.1. The van der Waals surface area contributed by atoms with Gasteiger partial charge in [0.2, 0.25) is 0 Å². The van der Waals surface area contributed by atoms with Gasteiger partial charge in [0.25, 0.3) is 0 Å². The molecule has 0 spiro atoms. The lowest BCUT2D eigenvalue weighted by atomic mass is 10.0. The van der Waals surface area contributed by atoms with E-state index in [9.17, 15) is 4.79 Å². The summed E-state index contributed by atoms with van der Waals surface area (Å²) in [6.45, 7) is 0. The van der Waals surface area contributed by atoms with Crippen molar-refractivity contribution >= 4 is 17.7 Å². The maximum absolute atomic E-state index is 10.7. The molecule has 0 amide bonds. The summed E-state index contributed by atoms with van der Waals surface area (Å²) in [6.07, 6.45) is 0.917. The van der Waals surface area contributed by atoms with Crippen molar-refractivity contribution in [2.24, 2.45) is 5.73 Å². The molecule has 14 heavy (non-hydrogen) atoms. The van der Waals surface area contributed by atoms with Gasteiger partial charge >= 0.3 is 5.97 Å². The van der Waals surface area contributed by atoms with Crippen molar-refractivity contribution in [3.8, 4) is 0 Å². The van der Waals surface area contributed by atoms with Crippen LogP contribution in [0.15, 0.2) is 23.1 Å². The van der Waals surface area contributed by atoms with Crippen LogP contribution in [0.5, 0.6) is 0 Å². The summed E-state index contributed by atoms with van der Waals surface area (Å²) >= 11 is 1.74. The van der Waals surface area contributed by atoms with Crippen molar-refractivity contribution < 1.29 is 9.90 Å². The van der Waals surface area contributed by atoms with E-state index in [1.807, 2.05) is 6.07 Å². The maximum atomic E-state index is 10.7. The van der Waals surface area contributed by atoms with Gasteiger partial charge in [0.15, 0.2) is 0 Å². The molecular weight excluding hydrogens is 198 g/mol. The molecule has 74 valence electrons. The molecule has 0 radical (unpaired) electrons. The Labute approximate surface area is 86.3 Å². The molecule has 0 aromatic heterocycles. The quantitative estimate of drug-likeness (QED) is 0.741. The minimum Gasteiger partial charge on any atom is -0.478 e. The lowest BCUT2D eigenvalue weighted by molar-refractivity contribution is 0.0696. The smallest absolute Gasteiger partial charge is 0.335 e. The van der Waals surface area contributed by atoms with E-state index in [-0.39, 0.29) is 6.04 Å². The van der Waals surface area contributed by atoms with E-state index in [0.717, 1.165) is 22.6 Å². The van der Waals surface area contributed by atoms with Crippen LogP contribution in [0.25, 0.3) is 0 Å². The summed E-state index contributed by atoms with van der Waals surface area (Å²) in [7, 11) is 0. The summed E-state index contributed by atoms with van der Waals surface area (Å²) in [5, 5.41) is 8.83. The molecule has 3 nitrogen and oxygen atoms in total. The van der Waals surface area contributed by atoms with E-state index in [0.29, 0.717) is 5.56 Å². The van der Waals surface area contributed by atoms with Crippen molar-refractivity contribution in [2.75, 3.05) is 5.75 Å². The second-order valence-electron chi connectivity index (χ2n) is 3.30. The third-order valence-electron chi connectivity index (χ3n) is 2.34. The SMILES string of the molecule is N[C@H]1CCSc2ccc(C(=O)O)cc21. The fourth-order valence-corrected chi connectivity index (χ4v) is 2.69. The monoisotopic (exact) mass is 209 g/mol. The molecule has 1 atom stereocenters. The Morgan fingerprint density at radius 1 is 1.57 bits per heavy atom. The van der Waals surface area contributed by atoms with Crippen LogP contribution in [0.1, 0.15) is 28.4 Å². The van der Waals surface area contributed by atoms with Crippen LogP contribution in [-0.2, 0) is 0 Å². The molecule has 1 aromatic carbocycles. The number of hydrogen-bond acceptors (Lipinski definition) is 3. The van der Waals surface area contributed by atoms with Gasteiger partial charge in [-0.1, -0.05) is 0 Å². The molecular formula is C10H11NO2S. The molecule has 0 fully saturated rings. The number of hydrogen-bond donors (Lipinski definition) is 2. The van der Waals surface area contributed by atoms with Gasteiger partial charge in [-0.15, -0.1) is 11.8 Å². The number of nitrogens with two attached hydrogens (primary N) is 1. The highest BCUT2D eigenvalue weighted by molar-refractivity contribution is 7.99. The second-order valence-corrected chi connectivity index (χ2v) is 4.44. The molecule has 3 N–H and O–H groups in total. The number of rotatable bonds is 1. The lowest BCUT2D eigenvalue weighted by Crippen LogP contribution is -2.16. The Morgan fingerprint density at radius 3 is 3.07 bits per heavy atom. The first-order valence-corrected chi connectivity index (χ1v) is 5.42. The molecule has 0 aliphatic carbocycles. The van der Waals surface area contributed by atoms with Gasteiger partial charge in [-0.2, -0.15) is 0 Å². The minimum atomic E-state index is -0.893. The minimum absolute atomic E-state index is 0.00875. The van der Waals surface area contributed by atoms with Crippen LogP contribution < -0.4 is 5.73 Å². The molecule has 0 unspecified atom stereocenters. The van der Waals surface area contributed by atoms with Gasteiger partial charge in [-0.3, -0.25) is 0 Å². The molecule has 1 aliphatic heterocycles. The first kappa shape index (κ1) is 9.55. The highest BCUT2D eigenvalue weighted by Crippen LogP contribution is 2.35. The second kappa shape index (κ2) is 3.63. The fraction of sp³-hybridized carbons (Fsp3) is 0.300. The average molecular weight is 209 g/mol. The van der Waals surface area contributed by atoms with Crippen molar-refractivity contribution in [2.45, 2.75) is 17.4 Å². The zero-order valence-electron chi connectivity index (χ0n) is 7.56. The number of carboxylic acid groups (broad SMARTS) is 1. The number of benzene rings is 1. The first-order chi connectivity index (χ1) is 6.68. The topological polar surface area (TPSA) is 63.3 Å². The normalized spacial score (nSPS) is 20.2. The fourth-order valence-electron chi connectivity index (χ4n) is 1.55. The number of carbonyl (C=O) groups is 1. The summed E-state index contributed by atoms with van der Waals surface area (Å²) < 4.78 is 0. The van der Waals surface area contributed by atoms with Crippen LogP contribution in [-0.4, -0.2) is 16.8 Å². The number of fused-ring (bicyclic) bond motifs is 1. The van der Waals surface area contributed by atoms with E-state index >= 15 is 0 Å². The predicted molar refractivity (Wildman–Crippen MR) is 55.7 cm³/mol. The highest BCUT2D eigenvalue weighted by Gasteiger charge is 2.18. The van der Waals surface area contributed by atoms with Gasteiger partial charge < -0.3 is 10.8 Å². The summed E-state index contributed by atoms with van der Waals surface area (Å²) in [4.78, 5) is 11.9.